The molecule has 1 aliphatic heterocycles. The van der Waals surface area contributed by atoms with Crippen LogP contribution in [0.4, 0.5) is 0 Å². The molecule has 0 bridgehead atoms. The summed E-state index contributed by atoms with van der Waals surface area (Å²) < 4.78 is 10.5. The minimum atomic E-state index is -0.220. The summed E-state index contributed by atoms with van der Waals surface area (Å²) in [6, 6.07) is 0.644. The molecular weight excluding hydrogens is 318 g/mol. The Labute approximate surface area is 151 Å². The summed E-state index contributed by atoms with van der Waals surface area (Å²) in [5, 5.41) is 4.16. The fourth-order valence-corrected chi connectivity index (χ4v) is 3.65. The predicted molar refractivity (Wildman–Crippen MR) is 98.0 cm³/mol. The van der Waals surface area contributed by atoms with Gasteiger partial charge in [-0.3, -0.25) is 9.69 Å². The van der Waals surface area contributed by atoms with Gasteiger partial charge in [-0.05, 0) is 27.2 Å². The van der Waals surface area contributed by atoms with E-state index >= 15 is 0 Å². The van der Waals surface area contributed by atoms with Crippen molar-refractivity contribution < 1.29 is 14.1 Å². The van der Waals surface area contributed by atoms with Crippen LogP contribution in [0.2, 0.25) is 0 Å². The molecule has 2 rings (SSSR count). The first-order valence-corrected chi connectivity index (χ1v) is 9.17. The van der Waals surface area contributed by atoms with E-state index in [-0.39, 0.29) is 11.3 Å². The molecule has 2 atom stereocenters. The SMILES string of the molecule is COCCCN1C(C)CN(C(=O)c2c(C(C)(C)C)noc2C)CC1C. The molecule has 142 valence electrons. The van der Waals surface area contributed by atoms with Gasteiger partial charge in [-0.2, -0.15) is 0 Å². The molecule has 0 N–H and O–H groups in total. The van der Waals surface area contributed by atoms with Crippen molar-refractivity contribution in [2.24, 2.45) is 0 Å². The third kappa shape index (κ3) is 4.42. The van der Waals surface area contributed by atoms with Gasteiger partial charge in [0.25, 0.3) is 5.91 Å². The lowest BCUT2D eigenvalue weighted by Crippen LogP contribution is -2.58. The molecule has 2 heterocycles. The molecule has 1 aromatic rings. The van der Waals surface area contributed by atoms with Gasteiger partial charge in [-0.1, -0.05) is 25.9 Å². The minimum absolute atomic E-state index is 0.0407. The van der Waals surface area contributed by atoms with Gasteiger partial charge in [0.15, 0.2) is 0 Å². The lowest BCUT2D eigenvalue weighted by atomic mass is 9.88. The summed E-state index contributed by atoms with van der Waals surface area (Å²) in [4.78, 5) is 17.6. The van der Waals surface area contributed by atoms with Gasteiger partial charge in [0.05, 0.1) is 0 Å². The summed E-state index contributed by atoms with van der Waals surface area (Å²) in [6.45, 7) is 15.6. The summed E-state index contributed by atoms with van der Waals surface area (Å²) in [5.41, 5.74) is 1.17. The van der Waals surface area contributed by atoms with Crippen LogP contribution >= 0.6 is 0 Å². The zero-order chi connectivity index (χ0) is 18.8. The van der Waals surface area contributed by atoms with Gasteiger partial charge >= 0.3 is 0 Å². The Hall–Kier alpha value is -1.40. The van der Waals surface area contributed by atoms with E-state index in [4.69, 9.17) is 9.26 Å². The molecule has 2 unspecified atom stereocenters. The number of carbonyl (C=O) groups excluding carboxylic acids is 1. The van der Waals surface area contributed by atoms with E-state index in [2.05, 4.69) is 44.7 Å². The topological polar surface area (TPSA) is 58.8 Å². The summed E-state index contributed by atoms with van der Waals surface area (Å²) in [7, 11) is 1.73. The van der Waals surface area contributed by atoms with Crippen LogP contribution in [0.25, 0.3) is 0 Å². The molecule has 0 radical (unpaired) electrons. The highest BCUT2D eigenvalue weighted by Gasteiger charge is 2.36. The maximum atomic E-state index is 13.2. The fourth-order valence-electron chi connectivity index (χ4n) is 3.65. The largest absolute Gasteiger partial charge is 0.385 e. The van der Waals surface area contributed by atoms with Crippen molar-refractivity contribution >= 4 is 5.91 Å². The Kier molecular flexibility index (Phi) is 6.27. The molecule has 0 aromatic carbocycles. The van der Waals surface area contributed by atoms with Crippen LogP contribution in [0.15, 0.2) is 4.52 Å². The van der Waals surface area contributed by atoms with Gasteiger partial charge in [-0.15, -0.1) is 0 Å². The minimum Gasteiger partial charge on any atom is -0.385 e. The van der Waals surface area contributed by atoms with Crippen molar-refractivity contribution in [3.63, 3.8) is 0 Å². The average molecular weight is 351 g/mol. The number of hydrogen-bond acceptors (Lipinski definition) is 5. The van der Waals surface area contributed by atoms with E-state index < -0.39 is 0 Å². The maximum Gasteiger partial charge on any atom is 0.259 e. The smallest absolute Gasteiger partial charge is 0.259 e. The first kappa shape index (κ1) is 19.9. The first-order chi connectivity index (χ1) is 11.7. The summed E-state index contributed by atoms with van der Waals surface area (Å²) in [6.07, 6.45) is 1.01. The molecule has 1 fully saturated rings. The van der Waals surface area contributed by atoms with Gasteiger partial charge < -0.3 is 14.2 Å². The van der Waals surface area contributed by atoms with Crippen molar-refractivity contribution in [1.82, 2.24) is 15.0 Å². The highest BCUT2D eigenvalue weighted by molar-refractivity contribution is 5.96. The Bertz CT molecular complexity index is 579. The van der Waals surface area contributed by atoms with Gasteiger partial charge in [-0.25, -0.2) is 0 Å². The second-order valence-corrected chi connectivity index (χ2v) is 8.20. The maximum absolute atomic E-state index is 13.2. The van der Waals surface area contributed by atoms with Gasteiger partial charge in [0.1, 0.15) is 17.0 Å². The number of hydrogen-bond donors (Lipinski definition) is 0. The third-order valence-electron chi connectivity index (χ3n) is 4.94. The van der Waals surface area contributed by atoms with Gasteiger partial charge in [0.2, 0.25) is 0 Å². The quantitative estimate of drug-likeness (QED) is 0.764. The Morgan fingerprint density at radius 3 is 2.40 bits per heavy atom. The van der Waals surface area contributed by atoms with Crippen LogP contribution in [-0.2, 0) is 10.2 Å². The molecule has 1 aliphatic rings. The monoisotopic (exact) mass is 351 g/mol. The second kappa shape index (κ2) is 7.87. The van der Waals surface area contributed by atoms with Crippen molar-refractivity contribution in [3.8, 4) is 0 Å². The second-order valence-electron chi connectivity index (χ2n) is 8.20. The molecule has 6 nitrogen and oxygen atoms in total. The first-order valence-electron chi connectivity index (χ1n) is 9.17. The number of aromatic nitrogens is 1. The number of ether oxygens (including phenoxy) is 1. The molecular formula is C19H33N3O3. The zero-order valence-corrected chi connectivity index (χ0v) is 16.8. The molecule has 0 aliphatic carbocycles. The normalized spacial score (nSPS) is 22.4. The van der Waals surface area contributed by atoms with E-state index in [1.165, 1.54) is 0 Å². The van der Waals surface area contributed by atoms with Crippen LogP contribution < -0.4 is 0 Å². The average Bonchev–Trinajstić information content (AvgIpc) is 2.91. The van der Waals surface area contributed by atoms with Crippen molar-refractivity contribution in [1.29, 1.82) is 0 Å². The van der Waals surface area contributed by atoms with Crippen LogP contribution in [-0.4, -0.2) is 66.3 Å². The van der Waals surface area contributed by atoms with Crippen LogP contribution in [0.5, 0.6) is 0 Å². The lowest BCUT2D eigenvalue weighted by molar-refractivity contribution is 0.0268. The Morgan fingerprint density at radius 2 is 1.88 bits per heavy atom. The fraction of sp³-hybridized carbons (Fsp3) is 0.789. The van der Waals surface area contributed by atoms with Crippen molar-refractivity contribution in [2.75, 3.05) is 33.4 Å². The molecule has 25 heavy (non-hydrogen) atoms. The lowest BCUT2D eigenvalue weighted by Gasteiger charge is -2.44. The van der Waals surface area contributed by atoms with E-state index in [9.17, 15) is 4.79 Å². The molecule has 1 amide bonds. The zero-order valence-electron chi connectivity index (χ0n) is 16.8. The van der Waals surface area contributed by atoms with Crippen LogP contribution in [0.1, 0.15) is 62.9 Å². The van der Waals surface area contributed by atoms with Crippen molar-refractivity contribution in [3.05, 3.63) is 17.0 Å². The van der Waals surface area contributed by atoms with E-state index in [0.29, 0.717) is 23.4 Å². The van der Waals surface area contributed by atoms with E-state index in [0.717, 1.165) is 38.4 Å². The molecule has 0 spiro atoms. The number of nitrogens with zero attached hydrogens (tertiary/aromatic N) is 3. The highest BCUT2D eigenvalue weighted by Crippen LogP contribution is 2.29. The number of rotatable bonds is 5. The van der Waals surface area contributed by atoms with Gasteiger partial charge in [0, 0.05) is 50.8 Å². The highest BCUT2D eigenvalue weighted by atomic mass is 16.5. The van der Waals surface area contributed by atoms with Crippen LogP contribution in [0.3, 0.4) is 0 Å². The molecule has 0 saturated carbocycles. The summed E-state index contributed by atoms with van der Waals surface area (Å²) >= 11 is 0. The molecule has 6 heteroatoms. The molecule has 1 saturated heterocycles. The van der Waals surface area contributed by atoms with E-state index in [1.807, 2.05) is 11.8 Å². The number of methoxy groups -OCH3 is 1. The van der Waals surface area contributed by atoms with Crippen LogP contribution in [0, 0.1) is 6.92 Å². The number of piperazine rings is 1. The van der Waals surface area contributed by atoms with E-state index in [1.54, 1.807) is 7.11 Å². The number of carbonyl (C=O) groups is 1. The number of amides is 1. The van der Waals surface area contributed by atoms with Crippen molar-refractivity contribution in [2.45, 2.75) is 65.5 Å². The number of aryl methyl sites for hydroxylation is 1. The standard InChI is InChI=1S/C19H33N3O3/c1-13-11-21(12-14(2)22(13)9-8-10-24-7)18(23)16-15(3)25-20-17(16)19(4,5)6/h13-14H,8-12H2,1-7H3. The Morgan fingerprint density at radius 1 is 1.28 bits per heavy atom. The Balaban J connectivity index is 2.14. The molecule has 1 aromatic heterocycles. The predicted octanol–water partition coefficient (Wildman–Crippen LogP) is 2.85. The summed E-state index contributed by atoms with van der Waals surface area (Å²) in [5.74, 6) is 0.650. The third-order valence-corrected chi connectivity index (χ3v) is 4.94.